The lowest BCUT2D eigenvalue weighted by Gasteiger charge is -2.41. The standard InChI is InChI=1S/C22H34N2O3S/c1-4-16-7-9-20(10-8-16)28(25,26)24-13-18-11-21(23(2)3)22(12-19(18)14-24)27-15-17-5-6-17/h7-10,17-19,21-22H,4-6,11-15H2,1-3H3/t18-,19+,21-,22-/m1/s1. The SMILES string of the molecule is CCc1ccc(S(=O)(=O)N2C[C@H]3C[C@@H](N(C)C)[C@H](OCC4CC4)C[C@H]3C2)cc1. The second kappa shape index (κ2) is 8.05. The lowest BCUT2D eigenvalue weighted by atomic mass is 9.77. The minimum absolute atomic E-state index is 0.225. The Balaban J connectivity index is 1.46. The van der Waals surface area contributed by atoms with Gasteiger partial charge in [-0.05, 0) is 81.6 Å². The molecule has 6 heteroatoms. The Morgan fingerprint density at radius 1 is 1.07 bits per heavy atom. The summed E-state index contributed by atoms with van der Waals surface area (Å²) in [6, 6.07) is 7.77. The van der Waals surface area contributed by atoms with E-state index in [-0.39, 0.29) is 6.10 Å². The zero-order valence-corrected chi connectivity index (χ0v) is 18.2. The quantitative estimate of drug-likeness (QED) is 0.698. The number of rotatable bonds is 7. The zero-order valence-electron chi connectivity index (χ0n) is 17.4. The summed E-state index contributed by atoms with van der Waals surface area (Å²) in [5.41, 5.74) is 1.17. The molecule has 5 nitrogen and oxygen atoms in total. The Hall–Kier alpha value is -0.950. The van der Waals surface area contributed by atoms with Gasteiger partial charge in [-0.25, -0.2) is 8.42 Å². The third kappa shape index (κ3) is 4.16. The van der Waals surface area contributed by atoms with Crippen LogP contribution in [0, 0.1) is 17.8 Å². The highest BCUT2D eigenvalue weighted by Crippen LogP contribution is 2.41. The van der Waals surface area contributed by atoms with Crippen LogP contribution in [-0.2, 0) is 21.2 Å². The van der Waals surface area contributed by atoms with Crippen LogP contribution in [0.25, 0.3) is 0 Å². The van der Waals surface area contributed by atoms with Crippen molar-refractivity contribution in [3.63, 3.8) is 0 Å². The molecular formula is C22H34N2O3S. The van der Waals surface area contributed by atoms with E-state index in [0.29, 0.717) is 35.9 Å². The fraction of sp³-hybridized carbons (Fsp3) is 0.727. The Morgan fingerprint density at radius 2 is 1.71 bits per heavy atom. The van der Waals surface area contributed by atoms with Crippen LogP contribution >= 0.6 is 0 Å². The van der Waals surface area contributed by atoms with Crippen LogP contribution in [0.4, 0.5) is 0 Å². The van der Waals surface area contributed by atoms with Crippen molar-refractivity contribution in [2.45, 2.75) is 56.1 Å². The van der Waals surface area contributed by atoms with E-state index >= 15 is 0 Å². The lowest BCUT2D eigenvalue weighted by molar-refractivity contribution is -0.0493. The Morgan fingerprint density at radius 3 is 2.29 bits per heavy atom. The number of fused-ring (bicyclic) bond motifs is 1. The van der Waals surface area contributed by atoms with Gasteiger partial charge in [0, 0.05) is 25.7 Å². The Kier molecular flexibility index (Phi) is 5.85. The number of hydrogen-bond donors (Lipinski definition) is 0. The smallest absolute Gasteiger partial charge is 0.243 e. The normalized spacial score (nSPS) is 31.3. The molecule has 3 fully saturated rings. The first-order chi connectivity index (χ1) is 13.4. The van der Waals surface area contributed by atoms with Crippen molar-refractivity contribution in [1.29, 1.82) is 0 Å². The number of aryl methyl sites for hydroxylation is 1. The largest absolute Gasteiger partial charge is 0.376 e. The van der Waals surface area contributed by atoms with Crippen molar-refractivity contribution in [3.05, 3.63) is 29.8 Å². The number of sulfonamides is 1. The van der Waals surface area contributed by atoms with E-state index in [1.165, 1.54) is 18.4 Å². The summed E-state index contributed by atoms with van der Waals surface area (Å²) in [6.07, 6.45) is 5.74. The number of nitrogens with zero attached hydrogens (tertiary/aromatic N) is 2. The molecule has 4 rings (SSSR count). The predicted octanol–water partition coefficient (Wildman–Crippen LogP) is 3.00. The maximum Gasteiger partial charge on any atom is 0.243 e. The van der Waals surface area contributed by atoms with E-state index in [1.54, 1.807) is 16.4 Å². The topological polar surface area (TPSA) is 49.9 Å². The van der Waals surface area contributed by atoms with Crippen molar-refractivity contribution >= 4 is 10.0 Å². The molecule has 1 aromatic rings. The van der Waals surface area contributed by atoms with Gasteiger partial charge in [-0.3, -0.25) is 0 Å². The molecule has 1 heterocycles. The maximum atomic E-state index is 13.2. The molecular weight excluding hydrogens is 372 g/mol. The molecule has 1 aromatic carbocycles. The number of ether oxygens (including phenoxy) is 1. The zero-order chi connectivity index (χ0) is 19.9. The highest BCUT2D eigenvalue weighted by Gasteiger charge is 2.46. The Labute approximate surface area is 170 Å². The summed E-state index contributed by atoms with van der Waals surface area (Å²) >= 11 is 0. The number of hydrogen-bond acceptors (Lipinski definition) is 4. The minimum Gasteiger partial charge on any atom is -0.376 e. The van der Waals surface area contributed by atoms with E-state index in [9.17, 15) is 8.42 Å². The Bertz CT molecular complexity index is 773. The number of benzene rings is 1. The molecule has 4 atom stereocenters. The van der Waals surface area contributed by atoms with E-state index in [4.69, 9.17) is 4.74 Å². The van der Waals surface area contributed by atoms with Gasteiger partial charge in [0.2, 0.25) is 10.0 Å². The van der Waals surface area contributed by atoms with Gasteiger partial charge in [-0.15, -0.1) is 0 Å². The lowest BCUT2D eigenvalue weighted by Crippen LogP contribution is -2.48. The van der Waals surface area contributed by atoms with Crippen molar-refractivity contribution < 1.29 is 13.2 Å². The van der Waals surface area contributed by atoms with Gasteiger partial charge >= 0.3 is 0 Å². The van der Waals surface area contributed by atoms with Gasteiger partial charge in [0.15, 0.2) is 0 Å². The second-order valence-electron chi connectivity index (χ2n) is 9.16. The summed E-state index contributed by atoms with van der Waals surface area (Å²) in [6.45, 7) is 4.23. The van der Waals surface area contributed by atoms with Gasteiger partial charge in [0.1, 0.15) is 0 Å². The molecule has 0 aromatic heterocycles. The first-order valence-electron chi connectivity index (χ1n) is 10.8. The van der Waals surface area contributed by atoms with Crippen LogP contribution in [0.1, 0.15) is 38.2 Å². The fourth-order valence-corrected chi connectivity index (χ4v) is 6.41. The molecule has 1 saturated heterocycles. The van der Waals surface area contributed by atoms with Crippen LogP contribution in [0.15, 0.2) is 29.2 Å². The molecule has 2 saturated carbocycles. The number of likely N-dealkylation sites (N-methyl/N-ethyl adjacent to an activating group) is 1. The first-order valence-corrected chi connectivity index (χ1v) is 12.2. The van der Waals surface area contributed by atoms with Gasteiger partial charge < -0.3 is 9.64 Å². The van der Waals surface area contributed by atoms with Gasteiger partial charge in [0.05, 0.1) is 11.0 Å². The van der Waals surface area contributed by atoms with Gasteiger partial charge in [-0.1, -0.05) is 19.1 Å². The fourth-order valence-electron chi connectivity index (χ4n) is 4.86. The van der Waals surface area contributed by atoms with E-state index in [0.717, 1.165) is 31.8 Å². The first kappa shape index (κ1) is 20.3. The summed E-state index contributed by atoms with van der Waals surface area (Å²) in [7, 11) is 0.831. The molecule has 0 unspecified atom stereocenters. The van der Waals surface area contributed by atoms with Crippen LogP contribution in [0.3, 0.4) is 0 Å². The highest BCUT2D eigenvalue weighted by atomic mass is 32.2. The van der Waals surface area contributed by atoms with Gasteiger partial charge in [-0.2, -0.15) is 4.31 Å². The monoisotopic (exact) mass is 406 g/mol. The van der Waals surface area contributed by atoms with E-state index in [2.05, 4.69) is 25.9 Å². The van der Waals surface area contributed by atoms with Gasteiger partial charge in [0.25, 0.3) is 0 Å². The molecule has 0 radical (unpaired) electrons. The summed E-state index contributed by atoms with van der Waals surface area (Å²) in [4.78, 5) is 2.70. The molecule has 0 N–H and O–H groups in total. The third-order valence-electron chi connectivity index (χ3n) is 6.93. The van der Waals surface area contributed by atoms with Crippen LogP contribution in [0.2, 0.25) is 0 Å². The maximum absolute atomic E-state index is 13.2. The highest BCUT2D eigenvalue weighted by molar-refractivity contribution is 7.89. The molecule has 1 aliphatic heterocycles. The van der Waals surface area contributed by atoms with Crippen LogP contribution in [-0.4, -0.2) is 63.6 Å². The van der Waals surface area contributed by atoms with E-state index in [1.807, 2.05) is 12.1 Å². The van der Waals surface area contributed by atoms with Crippen molar-refractivity contribution in [1.82, 2.24) is 9.21 Å². The molecule has 3 aliphatic rings. The molecule has 2 aliphatic carbocycles. The average Bonchev–Trinajstić information content (AvgIpc) is 3.42. The predicted molar refractivity (Wildman–Crippen MR) is 111 cm³/mol. The second-order valence-corrected chi connectivity index (χ2v) is 11.1. The van der Waals surface area contributed by atoms with Crippen molar-refractivity contribution in [2.75, 3.05) is 33.8 Å². The molecule has 156 valence electrons. The van der Waals surface area contributed by atoms with Crippen LogP contribution in [0.5, 0.6) is 0 Å². The van der Waals surface area contributed by atoms with Crippen LogP contribution < -0.4 is 0 Å². The summed E-state index contributed by atoms with van der Waals surface area (Å²) in [5.74, 6) is 1.59. The third-order valence-corrected chi connectivity index (χ3v) is 8.77. The molecule has 0 amide bonds. The summed E-state index contributed by atoms with van der Waals surface area (Å²) < 4.78 is 34.4. The minimum atomic E-state index is -3.41. The van der Waals surface area contributed by atoms with E-state index < -0.39 is 10.0 Å². The average molecular weight is 407 g/mol. The van der Waals surface area contributed by atoms with Crippen molar-refractivity contribution in [3.8, 4) is 0 Å². The summed E-state index contributed by atoms with van der Waals surface area (Å²) in [5, 5.41) is 0. The molecule has 0 spiro atoms. The molecule has 28 heavy (non-hydrogen) atoms. The molecule has 0 bridgehead atoms. The van der Waals surface area contributed by atoms with Crippen molar-refractivity contribution in [2.24, 2.45) is 17.8 Å².